The van der Waals surface area contributed by atoms with Crippen LogP contribution < -0.4 is 0 Å². The lowest BCUT2D eigenvalue weighted by molar-refractivity contribution is 0.0413. The van der Waals surface area contributed by atoms with Crippen molar-refractivity contribution in [2.45, 2.75) is 38.7 Å². The van der Waals surface area contributed by atoms with Gasteiger partial charge in [-0.25, -0.2) is 0 Å². The molecule has 1 aromatic heterocycles. The first kappa shape index (κ1) is 13.9. The second-order valence-electron chi connectivity index (χ2n) is 6.03. The fourth-order valence-corrected chi connectivity index (χ4v) is 4.39. The zero-order valence-corrected chi connectivity index (χ0v) is 13.8. The molecular formula is C14H20BrClN2O. The van der Waals surface area contributed by atoms with Crippen LogP contribution in [0, 0.1) is 18.3 Å². The van der Waals surface area contributed by atoms with Gasteiger partial charge in [-0.3, -0.25) is 4.68 Å². The monoisotopic (exact) mass is 346 g/mol. The first-order valence-corrected chi connectivity index (χ1v) is 8.43. The molecular weight excluding hydrogens is 328 g/mol. The molecule has 5 heteroatoms. The first-order valence-electron chi connectivity index (χ1n) is 6.93. The highest BCUT2D eigenvalue weighted by atomic mass is 79.9. The maximum absolute atomic E-state index is 6.40. The molecule has 0 spiro atoms. The molecule has 3 nitrogen and oxygen atoms in total. The van der Waals surface area contributed by atoms with Crippen LogP contribution in [0.25, 0.3) is 0 Å². The predicted octanol–water partition coefficient (Wildman–Crippen LogP) is 3.50. The van der Waals surface area contributed by atoms with Crippen LogP contribution in [-0.4, -0.2) is 27.8 Å². The average molecular weight is 348 g/mol. The third kappa shape index (κ3) is 2.36. The molecule has 0 aromatic carbocycles. The Hall–Kier alpha value is -0.0600. The molecule has 1 aliphatic heterocycles. The van der Waals surface area contributed by atoms with Crippen molar-refractivity contribution in [2.75, 3.05) is 11.9 Å². The van der Waals surface area contributed by atoms with Gasteiger partial charge in [-0.15, -0.1) is 0 Å². The molecule has 2 heterocycles. The van der Waals surface area contributed by atoms with Crippen molar-refractivity contribution in [3.63, 3.8) is 0 Å². The summed E-state index contributed by atoms with van der Waals surface area (Å²) >= 11 is 10.1. The van der Waals surface area contributed by atoms with Crippen LogP contribution in [0.15, 0.2) is 0 Å². The van der Waals surface area contributed by atoms with E-state index in [2.05, 4.69) is 21.0 Å². The third-order valence-electron chi connectivity index (χ3n) is 4.62. The Labute approximate surface area is 127 Å². The molecule has 1 aromatic rings. The molecule has 0 radical (unpaired) electrons. The summed E-state index contributed by atoms with van der Waals surface area (Å²) in [7, 11) is 1.91. The molecule has 106 valence electrons. The molecule has 2 unspecified atom stereocenters. The lowest BCUT2D eigenvalue weighted by Crippen LogP contribution is -2.36. The van der Waals surface area contributed by atoms with E-state index in [0.717, 1.165) is 41.5 Å². The molecule has 2 atom stereocenters. The van der Waals surface area contributed by atoms with Crippen LogP contribution in [-0.2, 0) is 18.2 Å². The summed E-state index contributed by atoms with van der Waals surface area (Å²) in [6.45, 7) is 2.93. The van der Waals surface area contributed by atoms with Gasteiger partial charge in [-0.1, -0.05) is 27.5 Å². The maximum Gasteiger partial charge on any atom is 0.130 e. The lowest BCUT2D eigenvalue weighted by atomic mass is 9.76. The van der Waals surface area contributed by atoms with Crippen molar-refractivity contribution in [2.24, 2.45) is 18.4 Å². The summed E-state index contributed by atoms with van der Waals surface area (Å²) in [5, 5.41) is 6.19. The van der Waals surface area contributed by atoms with Crippen LogP contribution in [0.3, 0.4) is 0 Å². The van der Waals surface area contributed by atoms with Crippen LogP contribution in [0.1, 0.15) is 30.5 Å². The molecule has 2 fully saturated rings. The average Bonchev–Trinajstić information content (AvgIpc) is 3.11. The number of aryl methyl sites for hydroxylation is 2. The summed E-state index contributed by atoms with van der Waals surface area (Å²) in [6, 6.07) is 0. The molecule has 1 saturated heterocycles. The van der Waals surface area contributed by atoms with Gasteiger partial charge in [0.1, 0.15) is 5.15 Å². The van der Waals surface area contributed by atoms with Crippen molar-refractivity contribution in [3.8, 4) is 0 Å². The Bertz CT molecular complexity index is 486. The molecule has 2 aliphatic rings. The number of alkyl halides is 1. The predicted molar refractivity (Wildman–Crippen MR) is 80.0 cm³/mol. The highest BCUT2D eigenvalue weighted by Crippen LogP contribution is 2.50. The summed E-state index contributed by atoms with van der Waals surface area (Å²) in [6.07, 6.45) is 5.11. The number of hydrogen-bond donors (Lipinski definition) is 0. The van der Waals surface area contributed by atoms with Gasteiger partial charge in [0.2, 0.25) is 0 Å². The van der Waals surface area contributed by atoms with Gasteiger partial charge in [-0.2, -0.15) is 5.10 Å². The zero-order chi connectivity index (χ0) is 13.6. The quantitative estimate of drug-likeness (QED) is 0.779. The van der Waals surface area contributed by atoms with E-state index in [0.29, 0.717) is 6.10 Å². The number of halogens is 2. The van der Waals surface area contributed by atoms with Gasteiger partial charge < -0.3 is 4.74 Å². The van der Waals surface area contributed by atoms with Crippen LogP contribution in [0.5, 0.6) is 0 Å². The van der Waals surface area contributed by atoms with Gasteiger partial charge >= 0.3 is 0 Å². The minimum Gasteiger partial charge on any atom is -0.377 e. The van der Waals surface area contributed by atoms with E-state index in [-0.39, 0.29) is 5.41 Å². The summed E-state index contributed by atoms with van der Waals surface area (Å²) in [5.74, 6) is 0.760. The molecule has 3 rings (SSSR count). The molecule has 0 amide bonds. The SMILES string of the molecule is Cc1nn(C)c(Cl)c1CC1(CBr)CCOC1C1CC1. The van der Waals surface area contributed by atoms with Crippen LogP contribution in [0.2, 0.25) is 5.15 Å². The Balaban J connectivity index is 1.90. The Kier molecular flexibility index (Phi) is 3.69. The number of ether oxygens (including phenoxy) is 1. The fraction of sp³-hybridized carbons (Fsp3) is 0.786. The smallest absolute Gasteiger partial charge is 0.130 e. The van der Waals surface area contributed by atoms with E-state index < -0.39 is 0 Å². The standard InChI is InChI=1S/C14H20BrClN2O/c1-9-11(13(16)18(2)17-9)7-14(8-15)5-6-19-12(14)10-3-4-10/h10,12H,3-8H2,1-2H3. The number of hydrogen-bond acceptors (Lipinski definition) is 2. The fourth-order valence-electron chi connectivity index (χ4n) is 3.35. The van der Waals surface area contributed by atoms with Crippen molar-refractivity contribution < 1.29 is 4.74 Å². The van der Waals surface area contributed by atoms with E-state index in [4.69, 9.17) is 16.3 Å². The van der Waals surface area contributed by atoms with Gasteiger partial charge in [0.15, 0.2) is 0 Å². The van der Waals surface area contributed by atoms with E-state index in [9.17, 15) is 0 Å². The molecule has 1 aliphatic carbocycles. The summed E-state index contributed by atoms with van der Waals surface area (Å²) in [5.41, 5.74) is 2.44. The van der Waals surface area contributed by atoms with Gasteiger partial charge in [0.25, 0.3) is 0 Å². The number of rotatable bonds is 4. The molecule has 1 saturated carbocycles. The van der Waals surface area contributed by atoms with Crippen molar-refractivity contribution >= 4 is 27.5 Å². The van der Waals surface area contributed by atoms with Gasteiger partial charge in [0, 0.05) is 30.0 Å². The van der Waals surface area contributed by atoms with Crippen molar-refractivity contribution in [1.29, 1.82) is 0 Å². The minimum atomic E-state index is 0.193. The van der Waals surface area contributed by atoms with E-state index in [1.54, 1.807) is 4.68 Å². The third-order valence-corrected chi connectivity index (χ3v) is 6.21. The topological polar surface area (TPSA) is 27.1 Å². The highest BCUT2D eigenvalue weighted by Gasteiger charge is 2.50. The van der Waals surface area contributed by atoms with Gasteiger partial charge in [-0.05, 0) is 38.5 Å². The van der Waals surface area contributed by atoms with Crippen LogP contribution >= 0.6 is 27.5 Å². The van der Waals surface area contributed by atoms with E-state index in [1.165, 1.54) is 18.4 Å². The Morgan fingerprint density at radius 1 is 1.53 bits per heavy atom. The van der Waals surface area contributed by atoms with Crippen LogP contribution in [0.4, 0.5) is 0 Å². The molecule has 19 heavy (non-hydrogen) atoms. The normalized spacial score (nSPS) is 31.1. The second kappa shape index (κ2) is 5.05. The van der Waals surface area contributed by atoms with Crippen molar-refractivity contribution in [3.05, 3.63) is 16.4 Å². The van der Waals surface area contributed by atoms with Crippen molar-refractivity contribution in [1.82, 2.24) is 9.78 Å². The molecule has 0 bridgehead atoms. The van der Waals surface area contributed by atoms with E-state index >= 15 is 0 Å². The summed E-state index contributed by atoms with van der Waals surface area (Å²) < 4.78 is 7.82. The number of aromatic nitrogens is 2. The Morgan fingerprint density at radius 2 is 2.26 bits per heavy atom. The zero-order valence-electron chi connectivity index (χ0n) is 11.5. The lowest BCUT2D eigenvalue weighted by Gasteiger charge is -2.32. The Morgan fingerprint density at radius 3 is 2.79 bits per heavy atom. The summed E-state index contributed by atoms with van der Waals surface area (Å²) in [4.78, 5) is 0. The number of nitrogens with zero attached hydrogens (tertiary/aromatic N) is 2. The second-order valence-corrected chi connectivity index (χ2v) is 6.95. The first-order chi connectivity index (χ1) is 9.07. The van der Waals surface area contributed by atoms with E-state index in [1.807, 2.05) is 14.0 Å². The maximum atomic E-state index is 6.40. The minimum absolute atomic E-state index is 0.193. The van der Waals surface area contributed by atoms with Gasteiger partial charge in [0.05, 0.1) is 11.8 Å². The largest absolute Gasteiger partial charge is 0.377 e. The highest BCUT2D eigenvalue weighted by molar-refractivity contribution is 9.09. The molecule has 0 N–H and O–H groups in total.